The van der Waals surface area contributed by atoms with Gasteiger partial charge in [-0.2, -0.15) is 18.2 Å². The van der Waals surface area contributed by atoms with Crippen molar-refractivity contribution < 1.29 is 33.0 Å². The van der Waals surface area contributed by atoms with Crippen LogP contribution in [0.2, 0.25) is 0 Å². The third-order valence-corrected chi connectivity index (χ3v) is 5.90. The van der Waals surface area contributed by atoms with Gasteiger partial charge in [0.1, 0.15) is 0 Å². The molecule has 0 spiro atoms. The predicted molar refractivity (Wildman–Crippen MR) is 116 cm³/mol. The van der Waals surface area contributed by atoms with Crippen LogP contribution in [0.25, 0.3) is 11.0 Å². The third-order valence-electron chi connectivity index (χ3n) is 5.90. The molecule has 2 heterocycles. The van der Waals surface area contributed by atoms with E-state index in [4.69, 9.17) is 0 Å². The van der Waals surface area contributed by atoms with E-state index < -0.39 is 36.3 Å². The minimum absolute atomic E-state index is 0.0260. The number of aromatic nitrogens is 2. The first kappa shape index (κ1) is 23.7. The van der Waals surface area contributed by atoms with Crippen molar-refractivity contribution in [1.29, 1.82) is 0 Å². The molecular formula is C23H23F3N4O4. The molecule has 1 aliphatic heterocycles. The number of hydrogen-bond acceptors (Lipinski definition) is 4. The number of H-pyrrole nitrogens is 2. The largest absolute Gasteiger partial charge is 0.416 e. The lowest BCUT2D eigenvalue weighted by molar-refractivity contribution is -0.137. The van der Waals surface area contributed by atoms with Gasteiger partial charge in [0.15, 0.2) is 0 Å². The van der Waals surface area contributed by atoms with E-state index in [0.717, 1.165) is 18.2 Å². The van der Waals surface area contributed by atoms with Gasteiger partial charge in [0, 0.05) is 25.6 Å². The Morgan fingerprint density at radius 3 is 2.56 bits per heavy atom. The molecule has 0 saturated carbocycles. The summed E-state index contributed by atoms with van der Waals surface area (Å²) in [6.45, 7) is 0.144. The minimum atomic E-state index is -4.58. The van der Waals surface area contributed by atoms with Crippen molar-refractivity contribution in [2.75, 3.05) is 20.2 Å². The molecule has 180 valence electrons. The van der Waals surface area contributed by atoms with E-state index in [2.05, 4.69) is 15.0 Å². The molecule has 3 aromatic rings. The topological polar surface area (TPSA) is 122 Å². The molecule has 4 N–H and O–H groups in total. The number of fused-ring (bicyclic) bond motifs is 1. The fourth-order valence-electron chi connectivity index (χ4n) is 4.14. The molecule has 34 heavy (non-hydrogen) atoms. The van der Waals surface area contributed by atoms with Crippen molar-refractivity contribution in [3.8, 4) is 0 Å². The Hall–Kier alpha value is -3.44. The molecule has 4 rings (SSSR count). The Morgan fingerprint density at radius 1 is 1.24 bits per heavy atom. The predicted octanol–water partition coefficient (Wildman–Crippen LogP) is 2.10. The number of halogens is 3. The average molecular weight is 476 g/mol. The summed E-state index contributed by atoms with van der Waals surface area (Å²) >= 11 is 0. The van der Waals surface area contributed by atoms with E-state index in [-0.39, 0.29) is 23.5 Å². The number of carbonyl (C=O) groups is 2. The number of amides is 2. The van der Waals surface area contributed by atoms with Crippen molar-refractivity contribution in [2.45, 2.75) is 31.0 Å². The van der Waals surface area contributed by atoms with Crippen LogP contribution < -0.4 is 5.62 Å². The second-order valence-electron chi connectivity index (χ2n) is 8.33. The number of aliphatic hydroxyl groups is 2. The first-order valence-electron chi connectivity index (χ1n) is 10.6. The Morgan fingerprint density at radius 2 is 1.94 bits per heavy atom. The van der Waals surface area contributed by atoms with Gasteiger partial charge >= 0.3 is 6.18 Å². The molecule has 1 aromatic heterocycles. The highest BCUT2D eigenvalue weighted by Crippen LogP contribution is 2.33. The summed E-state index contributed by atoms with van der Waals surface area (Å²) in [4.78, 5) is 36.4. The first-order chi connectivity index (χ1) is 16.1. The SMILES string of the molecule is CN1CC[C@@H](c2cc3[nH]/c(=N/C(=O)c4cccc(C(F)(F)F)c4)[nH]c3cc2CC(O)CO)C1=O. The number of aliphatic hydroxyl groups excluding tert-OH is 2. The Kier molecular flexibility index (Phi) is 6.32. The van der Waals surface area contributed by atoms with Gasteiger partial charge in [0.2, 0.25) is 11.5 Å². The van der Waals surface area contributed by atoms with Crippen LogP contribution in [0.4, 0.5) is 13.2 Å². The van der Waals surface area contributed by atoms with Gasteiger partial charge in [-0.05, 0) is 47.9 Å². The van der Waals surface area contributed by atoms with E-state index >= 15 is 0 Å². The first-order valence-corrected chi connectivity index (χ1v) is 10.6. The van der Waals surface area contributed by atoms with Gasteiger partial charge in [-0.15, -0.1) is 0 Å². The molecule has 1 fully saturated rings. The third kappa shape index (κ3) is 4.75. The lowest BCUT2D eigenvalue weighted by Crippen LogP contribution is -2.23. The summed E-state index contributed by atoms with van der Waals surface area (Å²) in [5, 5.41) is 19.3. The molecule has 8 nitrogen and oxygen atoms in total. The number of aromatic amines is 2. The van der Waals surface area contributed by atoms with Crippen LogP contribution in [0.5, 0.6) is 0 Å². The Bertz CT molecular complexity index is 1310. The van der Waals surface area contributed by atoms with Gasteiger partial charge in [-0.3, -0.25) is 9.59 Å². The number of rotatable bonds is 5. The Labute approximate surface area is 191 Å². The molecule has 1 aliphatic rings. The average Bonchev–Trinajstić information content (AvgIpc) is 3.34. The van der Waals surface area contributed by atoms with Crippen molar-refractivity contribution in [1.82, 2.24) is 14.9 Å². The van der Waals surface area contributed by atoms with Gasteiger partial charge in [-0.25, -0.2) is 0 Å². The summed E-state index contributed by atoms with van der Waals surface area (Å²) in [5.41, 5.74) is 1.28. The number of likely N-dealkylation sites (N-methyl/N-ethyl adjacent to an activating group) is 1. The molecule has 1 saturated heterocycles. The number of hydrogen-bond donors (Lipinski definition) is 4. The summed E-state index contributed by atoms with van der Waals surface area (Å²) in [6.07, 6.45) is -4.89. The van der Waals surface area contributed by atoms with Crippen LogP contribution in [-0.4, -0.2) is 63.2 Å². The number of imidazole rings is 1. The standard InChI is InChI=1S/C23H23F3N4O4/c1-30-6-5-16(21(30)34)17-10-19-18(9-13(17)8-15(32)11-31)27-22(28-19)29-20(33)12-3-2-4-14(7-12)23(24,25)26/h2-4,7,9-10,15-16,31-32H,5-6,8,11H2,1H3,(H2,27,28,29,33)/t15?,16-/m0/s1. The molecule has 0 bridgehead atoms. The molecular weight excluding hydrogens is 453 g/mol. The lowest BCUT2D eigenvalue weighted by atomic mass is 9.90. The highest BCUT2D eigenvalue weighted by molar-refractivity contribution is 5.95. The summed E-state index contributed by atoms with van der Waals surface area (Å²) < 4.78 is 38.9. The highest BCUT2D eigenvalue weighted by atomic mass is 19.4. The van der Waals surface area contributed by atoms with E-state index in [1.807, 2.05) is 0 Å². The number of likely N-dealkylation sites (tertiary alicyclic amines) is 1. The number of nitrogens with one attached hydrogen (secondary N) is 2. The fourth-order valence-corrected chi connectivity index (χ4v) is 4.14. The van der Waals surface area contributed by atoms with Gasteiger partial charge < -0.3 is 25.1 Å². The zero-order chi connectivity index (χ0) is 24.6. The summed E-state index contributed by atoms with van der Waals surface area (Å²) in [6, 6.07) is 7.44. The number of alkyl halides is 3. The van der Waals surface area contributed by atoms with E-state index in [1.54, 1.807) is 24.1 Å². The normalized spacial score (nSPS) is 18.2. The monoisotopic (exact) mass is 476 g/mol. The molecule has 2 atom stereocenters. The van der Waals surface area contributed by atoms with Crippen LogP contribution in [0.1, 0.15) is 39.4 Å². The molecule has 2 amide bonds. The quantitative estimate of drug-likeness (QED) is 0.451. The van der Waals surface area contributed by atoms with Crippen molar-refractivity contribution in [2.24, 2.45) is 4.99 Å². The lowest BCUT2D eigenvalue weighted by Gasteiger charge is -2.17. The highest BCUT2D eigenvalue weighted by Gasteiger charge is 2.33. The summed E-state index contributed by atoms with van der Waals surface area (Å²) in [5.74, 6) is -1.33. The molecule has 11 heteroatoms. The second-order valence-corrected chi connectivity index (χ2v) is 8.33. The van der Waals surface area contributed by atoms with E-state index in [1.165, 1.54) is 6.07 Å². The number of benzene rings is 2. The van der Waals surface area contributed by atoms with Crippen molar-refractivity contribution in [3.05, 3.63) is 64.3 Å². The smallest absolute Gasteiger partial charge is 0.394 e. The van der Waals surface area contributed by atoms with Crippen LogP contribution >= 0.6 is 0 Å². The van der Waals surface area contributed by atoms with E-state index in [0.29, 0.717) is 35.1 Å². The maximum absolute atomic E-state index is 13.0. The second kappa shape index (κ2) is 9.07. The van der Waals surface area contributed by atoms with Crippen LogP contribution in [0.3, 0.4) is 0 Å². The Balaban J connectivity index is 1.74. The minimum Gasteiger partial charge on any atom is -0.394 e. The molecule has 0 radical (unpaired) electrons. The van der Waals surface area contributed by atoms with Gasteiger partial charge in [0.05, 0.1) is 35.2 Å². The van der Waals surface area contributed by atoms with Crippen LogP contribution in [0.15, 0.2) is 41.4 Å². The molecule has 0 aliphatic carbocycles. The number of nitrogens with zero attached hydrogens (tertiary/aromatic N) is 2. The maximum atomic E-state index is 13.0. The zero-order valence-electron chi connectivity index (χ0n) is 18.2. The molecule has 1 unspecified atom stereocenters. The van der Waals surface area contributed by atoms with Crippen molar-refractivity contribution >= 4 is 22.8 Å². The van der Waals surface area contributed by atoms with Crippen LogP contribution in [-0.2, 0) is 17.4 Å². The van der Waals surface area contributed by atoms with Crippen LogP contribution in [0, 0.1) is 0 Å². The van der Waals surface area contributed by atoms with Gasteiger partial charge in [0.25, 0.3) is 5.91 Å². The molecule has 2 aromatic carbocycles. The maximum Gasteiger partial charge on any atom is 0.416 e. The fraction of sp³-hybridized carbons (Fsp3) is 0.348. The zero-order valence-corrected chi connectivity index (χ0v) is 18.2. The summed E-state index contributed by atoms with van der Waals surface area (Å²) in [7, 11) is 1.71. The van der Waals surface area contributed by atoms with E-state index in [9.17, 15) is 33.0 Å². The van der Waals surface area contributed by atoms with Gasteiger partial charge in [-0.1, -0.05) is 6.07 Å². The van der Waals surface area contributed by atoms with Crippen molar-refractivity contribution in [3.63, 3.8) is 0 Å². The number of carbonyl (C=O) groups excluding carboxylic acids is 2.